The molecular formula is C14H14N2O5. The topological polar surface area (TPSA) is 94.7 Å². The van der Waals surface area contributed by atoms with Crippen molar-refractivity contribution in [1.29, 1.82) is 0 Å². The number of rotatable bonds is 5. The molecule has 0 fully saturated rings. The molecule has 0 radical (unpaired) electrons. The van der Waals surface area contributed by atoms with Crippen LogP contribution in [0.2, 0.25) is 0 Å². The second kappa shape index (κ2) is 6.19. The molecule has 1 atom stereocenters. The number of aromatic nitrogens is 1. The van der Waals surface area contributed by atoms with Gasteiger partial charge in [0.1, 0.15) is 5.75 Å². The predicted molar refractivity (Wildman–Crippen MR) is 74.6 cm³/mol. The Morgan fingerprint density at radius 3 is 2.76 bits per heavy atom. The van der Waals surface area contributed by atoms with Gasteiger partial charge in [0.15, 0.2) is 0 Å². The van der Waals surface area contributed by atoms with E-state index in [0.29, 0.717) is 11.3 Å². The summed E-state index contributed by atoms with van der Waals surface area (Å²) in [5.41, 5.74) is 0.229. The molecule has 21 heavy (non-hydrogen) atoms. The van der Waals surface area contributed by atoms with Crippen LogP contribution in [0.3, 0.4) is 0 Å². The average Bonchev–Trinajstić information content (AvgIpc) is 2.47. The molecule has 2 aromatic rings. The number of nitrogens with zero attached hydrogens (tertiary/aromatic N) is 2. The highest BCUT2D eigenvalue weighted by Gasteiger charge is 2.19. The Labute approximate surface area is 120 Å². The molecule has 110 valence electrons. The molecule has 0 aliphatic rings. The third-order valence-corrected chi connectivity index (χ3v) is 2.82. The number of aliphatic hydroxyl groups is 1. The van der Waals surface area contributed by atoms with Crippen molar-refractivity contribution < 1.29 is 19.5 Å². The van der Waals surface area contributed by atoms with Gasteiger partial charge < -0.3 is 14.6 Å². The zero-order chi connectivity index (χ0) is 15.4. The number of pyridine rings is 1. The lowest BCUT2D eigenvalue weighted by atomic mass is 10.2. The number of hydrogen-bond acceptors (Lipinski definition) is 6. The highest BCUT2D eigenvalue weighted by atomic mass is 16.6. The van der Waals surface area contributed by atoms with Crippen molar-refractivity contribution >= 4 is 5.69 Å². The maximum atomic E-state index is 11.0. The van der Waals surface area contributed by atoms with E-state index in [-0.39, 0.29) is 17.3 Å². The molecule has 7 heteroatoms. The molecular weight excluding hydrogens is 276 g/mol. The average molecular weight is 290 g/mol. The maximum absolute atomic E-state index is 11.0. The van der Waals surface area contributed by atoms with E-state index in [1.807, 2.05) is 0 Å². The molecule has 2 rings (SSSR count). The van der Waals surface area contributed by atoms with Crippen LogP contribution in [0, 0.1) is 10.1 Å². The van der Waals surface area contributed by atoms with Gasteiger partial charge in [0.05, 0.1) is 18.1 Å². The van der Waals surface area contributed by atoms with E-state index in [1.165, 1.54) is 31.5 Å². The van der Waals surface area contributed by atoms with Crippen molar-refractivity contribution in [3.63, 3.8) is 0 Å². The van der Waals surface area contributed by atoms with Crippen molar-refractivity contribution in [2.75, 3.05) is 7.11 Å². The number of benzene rings is 1. The number of aliphatic hydroxyl groups excluding tert-OH is 1. The Hall–Kier alpha value is -2.67. The zero-order valence-electron chi connectivity index (χ0n) is 11.5. The Balaban J connectivity index is 2.45. The third-order valence-electron chi connectivity index (χ3n) is 2.82. The predicted octanol–water partition coefficient (Wildman–Crippen LogP) is 2.84. The van der Waals surface area contributed by atoms with Gasteiger partial charge in [0.25, 0.3) is 0 Å². The van der Waals surface area contributed by atoms with Crippen molar-refractivity contribution in [1.82, 2.24) is 4.98 Å². The van der Waals surface area contributed by atoms with E-state index >= 15 is 0 Å². The molecule has 0 saturated heterocycles. The summed E-state index contributed by atoms with van der Waals surface area (Å²) in [7, 11) is 1.45. The van der Waals surface area contributed by atoms with Crippen LogP contribution in [0.4, 0.5) is 5.69 Å². The summed E-state index contributed by atoms with van der Waals surface area (Å²) in [5, 5.41) is 20.7. The zero-order valence-corrected chi connectivity index (χ0v) is 11.5. The van der Waals surface area contributed by atoms with Crippen LogP contribution < -0.4 is 9.47 Å². The van der Waals surface area contributed by atoms with Crippen molar-refractivity contribution in [3.05, 3.63) is 52.2 Å². The Morgan fingerprint density at radius 2 is 2.14 bits per heavy atom. The van der Waals surface area contributed by atoms with Gasteiger partial charge in [-0.25, -0.2) is 4.98 Å². The molecule has 1 aromatic carbocycles. The van der Waals surface area contributed by atoms with Gasteiger partial charge in [-0.15, -0.1) is 0 Å². The van der Waals surface area contributed by atoms with Crippen LogP contribution in [0.1, 0.15) is 18.6 Å². The number of nitro benzene ring substituents is 1. The summed E-state index contributed by atoms with van der Waals surface area (Å²) in [6, 6.07) is 7.45. The second-order valence-electron chi connectivity index (χ2n) is 4.27. The minimum absolute atomic E-state index is 0.0000463. The van der Waals surface area contributed by atoms with Gasteiger partial charge in [0, 0.05) is 23.9 Å². The van der Waals surface area contributed by atoms with Gasteiger partial charge in [-0.3, -0.25) is 10.1 Å². The number of nitro groups is 1. The SMILES string of the molecule is COc1ccc([N+](=O)[O-])c(Oc2ncccc2[C@@H](C)O)c1. The fraction of sp³-hybridized carbons (Fsp3) is 0.214. The summed E-state index contributed by atoms with van der Waals surface area (Å²) >= 11 is 0. The summed E-state index contributed by atoms with van der Waals surface area (Å²) in [6.07, 6.45) is 0.672. The molecule has 1 heterocycles. The van der Waals surface area contributed by atoms with Gasteiger partial charge in [-0.05, 0) is 25.1 Å². The molecule has 0 aliphatic heterocycles. The van der Waals surface area contributed by atoms with E-state index in [1.54, 1.807) is 19.1 Å². The van der Waals surface area contributed by atoms with Crippen molar-refractivity contribution in [3.8, 4) is 17.4 Å². The Kier molecular flexibility index (Phi) is 4.34. The van der Waals surface area contributed by atoms with Gasteiger partial charge >= 0.3 is 5.69 Å². The van der Waals surface area contributed by atoms with Crippen LogP contribution >= 0.6 is 0 Å². The van der Waals surface area contributed by atoms with Crippen LogP contribution in [0.15, 0.2) is 36.5 Å². The molecule has 0 saturated carbocycles. The maximum Gasteiger partial charge on any atom is 0.311 e. The largest absolute Gasteiger partial charge is 0.497 e. The van der Waals surface area contributed by atoms with E-state index in [0.717, 1.165) is 0 Å². The van der Waals surface area contributed by atoms with E-state index in [9.17, 15) is 15.2 Å². The molecule has 1 aromatic heterocycles. The first-order chi connectivity index (χ1) is 10.0. The van der Waals surface area contributed by atoms with Gasteiger partial charge in [-0.1, -0.05) is 0 Å². The fourth-order valence-electron chi connectivity index (χ4n) is 1.76. The Morgan fingerprint density at radius 1 is 1.38 bits per heavy atom. The monoisotopic (exact) mass is 290 g/mol. The lowest BCUT2D eigenvalue weighted by Gasteiger charge is -2.12. The summed E-state index contributed by atoms with van der Waals surface area (Å²) in [6.45, 7) is 1.56. The third kappa shape index (κ3) is 3.26. The molecule has 0 spiro atoms. The first-order valence-electron chi connectivity index (χ1n) is 6.16. The smallest absolute Gasteiger partial charge is 0.311 e. The number of ether oxygens (including phenoxy) is 2. The normalized spacial score (nSPS) is 11.8. The van der Waals surface area contributed by atoms with Gasteiger partial charge in [0.2, 0.25) is 11.6 Å². The Bertz CT molecular complexity index is 658. The molecule has 7 nitrogen and oxygen atoms in total. The first-order valence-corrected chi connectivity index (χ1v) is 6.16. The molecule has 0 bridgehead atoms. The van der Waals surface area contributed by atoms with Crippen LogP contribution in [0.25, 0.3) is 0 Å². The summed E-state index contributed by atoms with van der Waals surface area (Å²) in [4.78, 5) is 14.5. The van der Waals surface area contributed by atoms with Gasteiger partial charge in [-0.2, -0.15) is 0 Å². The van der Waals surface area contributed by atoms with Crippen LogP contribution in [0.5, 0.6) is 17.4 Å². The lowest BCUT2D eigenvalue weighted by molar-refractivity contribution is -0.385. The highest BCUT2D eigenvalue weighted by Crippen LogP contribution is 2.36. The standard InChI is InChI=1S/C14H14N2O5/c1-9(17)11-4-3-7-15-14(11)21-13-8-10(20-2)5-6-12(13)16(18)19/h3-9,17H,1-2H3/t9-/m1/s1. The van der Waals surface area contributed by atoms with Crippen LogP contribution in [-0.4, -0.2) is 22.1 Å². The summed E-state index contributed by atoms with van der Waals surface area (Å²) in [5.74, 6) is 0.536. The first kappa shape index (κ1) is 14.7. The quantitative estimate of drug-likeness (QED) is 0.672. The van der Waals surface area contributed by atoms with E-state index in [2.05, 4.69) is 4.98 Å². The molecule has 0 amide bonds. The van der Waals surface area contributed by atoms with Crippen LogP contribution in [-0.2, 0) is 0 Å². The number of methoxy groups -OCH3 is 1. The molecule has 0 unspecified atom stereocenters. The minimum atomic E-state index is -0.807. The van der Waals surface area contributed by atoms with E-state index in [4.69, 9.17) is 9.47 Å². The fourth-order valence-corrected chi connectivity index (χ4v) is 1.76. The lowest BCUT2D eigenvalue weighted by Crippen LogP contribution is -2.00. The van der Waals surface area contributed by atoms with E-state index < -0.39 is 11.0 Å². The number of hydrogen-bond donors (Lipinski definition) is 1. The summed E-state index contributed by atoms with van der Waals surface area (Å²) < 4.78 is 10.5. The van der Waals surface area contributed by atoms with Crippen molar-refractivity contribution in [2.24, 2.45) is 0 Å². The highest BCUT2D eigenvalue weighted by molar-refractivity contribution is 5.52. The molecule has 0 aliphatic carbocycles. The second-order valence-corrected chi connectivity index (χ2v) is 4.27. The molecule has 1 N–H and O–H groups in total. The minimum Gasteiger partial charge on any atom is -0.497 e. The van der Waals surface area contributed by atoms with Crippen molar-refractivity contribution in [2.45, 2.75) is 13.0 Å².